The van der Waals surface area contributed by atoms with Crippen molar-refractivity contribution in [2.45, 2.75) is 6.92 Å². The summed E-state index contributed by atoms with van der Waals surface area (Å²) in [6.45, 7) is 1.71. The van der Waals surface area contributed by atoms with E-state index in [1.165, 1.54) is 18.3 Å². The van der Waals surface area contributed by atoms with Crippen molar-refractivity contribution in [3.8, 4) is 22.8 Å². The number of amides is 1. The second-order valence-electron chi connectivity index (χ2n) is 5.43. The van der Waals surface area contributed by atoms with Crippen LogP contribution in [0.1, 0.15) is 21.6 Å². The molecule has 2 aromatic carbocycles. The predicted molar refractivity (Wildman–Crippen MR) is 93.6 cm³/mol. The summed E-state index contributed by atoms with van der Waals surface area (Å²) >= 11 is 0. The zero-order valence-electron chi connectivity index (χ0n) is 13.4. The molecule has 0 atom stereocenters. The Balaban J connectivity index is 1.70. The molecule has 0 aliphatic heterocycles. The van der Waals surface area contributed by atoms with E-state index in [-0.39, 0.29) is 17.2 Å². The SMILES string of the molecule is Cc1cc(O)cc(O)c1/C=N\NC(=O)c1cc(-c2ccccc2)n[nH]1. The second kappa shape index (κ2) is 6.88. The minimum Gasteiger partial charge on any atom is -0.508 e. The van der Waals surface area contributed by atoms with Gasteiger partial charge in [0.2, 0.25) is 0 Å². The first-order valence-electron chi connectivity index (χ1n) is 7.51. The molecule has 3 rings (SSSR count). The lowest BCUT2D eigenvalue weighted by molar-refractivity contribution is 0.0950. The normalized spacial score (nSPS) is 10.9. The number of hydrogen-bond donors (Lipinski definition) is 4. The summed E-state index contributed by atoms with van der Waals surface area (Å²) in [4.78, 5) is 12.1. The molecule has 0 unspecified atom stereocenters. The van der Waals surface area contributed by atoms with E-state index in [0.717, 1.165) is 5.56 Å². The summed E-state index contributed by atoms with van der Waals surface area (Å²) in [6.07, 6.45) is 1.32. The number of phenols is 2. The smallest absolute Gasteiger partial charge is 0.289 e. The van der Waals surface area contributed by atoms with Crippen LogP contribution in [0.25, 0.3) is 11.3 Å². The van der Waals surface area contributed by atoms with Gasteiger partial charge in [-0.25, -0.2) is 5.43 Å². The summed E-state index contributed by atoms with van der Waals surface area (Å²) < 4.78 is 0. The maximum Gasteiger partial charge on any atom is 0.289 e. The van der Waals surface area contributed by atoms with Gasteiger partial charge >= 0.3 is 0 Å². The summed E-state index contributed by atoms with van der Waals surface area (Å²) in [5.41, 5.74) is 5.22. The van der Waals surface area contributed by atoms with Crippen LogP contribution < -0.4 is 5.43 Å². The average molecular weight is 336 g/mol. The first-order chi connectivity index (χ1) is 12.0. The molecular weight excluding hydrogens is 320 g/mol. The highest BCUT2D eigenvalue weighted by molar-refractivity contribution is 5.94. The van der Waals surface area contributed by atoms with Gasteiger partial charge in [0, 0.05) is 17.2 Å². The number of nitrogens with zero attached hydrogens (tertiary/aromatic N) is 2. The molecule has 7 nitrogen and oxygen atoms in total. The molecule has 0 bridgehead atoms. The first kappa shape index (κ1) is 16.3. The fourth-order valence-electron chi connectivity index (χ4n) is 2.34. The second-order valence-corrected chi connectivity index (χ2v) is 5.43. The molecule has 25 heavy (non-hydrogen) atoms. The van der Waals surface area contributed by atoms with Crippen molar-refractivity contribution in [3.05, 3.63) is 65.4 Å². The van der Waals surface area contributed by atoms with E-state index in [9.17, 15) is 15.0 Å². The average Bonchev–Trinajstić information content (AvgIpc) is 3.08. The third kappa shape index (κ3) is 3.66. The van der Waals surface area contributed by atoms with Crippen molar-refractivity contribution in [1.29, 1.82) is 0 Å². The molecule has 0 saturated carbocycles. The lowest BCUT2D eigenvalue weighted by Gasteiger charge is -2.04. The van der Waals surface area contributed by atoms with Crippen LogP contribution in [0, 0.1) is 6.92 Å². The molecule has 126 valence electrons. The number of aromatic amines is 1. The Bertz CT molecular complexity index is 909. The fraction of sp³-hybridized carbons (Fsp3) is 0.0556. The molecular formula is C18H16N4O3. The van der Waals surface area contributed by atoms with Crippen molar-refractivity contribution in [3.63, 3.8) is 0 Å². The van der Waals surface area contributed by atoms with Crippen molar-refractivity contribution < 1.29 is 15.0 Å². The molecule has 1 aromatic heterocycles. The number of hydrazone groups is 1. The molecule has 0 aliphatic rings. The van der Waals surface area contributed by atoms with Crippen LogP contribution in [0.5, 0.6) is 11.5 Å². The zero-order valence-corrected chi connectivity index (χ0v) is 13.4. The molecule has 4 N–H and O–H groups in total. The molecule has 0 aliphatic carbocycles. The lowest BCUT2D eigenvalue weighted by Crippen LogP contribution is -2.18. The number of aryl methyl sites for hydroxylation is 1. The minimum atomic E-state index is -0.457. The number of carbonyl (C=O) groups excluding carboxylic acids is 1. The number of rotatable bonds is 4. The monoisotopic (exact) mass is 336 g/mol. The van der Waals surface area contributed by atoms with Gasteiger partial charge in [-0.15, -0.1) is 0 Å². The topological polar surface area (TPSA) is 111 Å². The highest BCUT2D eigenvalue weighted by Gasteiger charge is 2.10. The van der Waals surface area contributed by atoms with Crippen LogP contribution >= 0.6 is 0 Å². The maximum absolute atomic E-state index is 12.1. The Kier molecular flexibility index (Phi) is 4.47. The number of H-pyrrole nitrogens is 1. The van der Waals surface area contributed by atoms with E-state index in [1.807, 2.05) is 30.3 Å². The Hall–Kier alpha value is -3.61. The van der Waals surface area contributed by atoms with Crippen LogP contribution in [0.2, 0.25) is 0 Å². The summed E-state index contributed by atoms with van der Waals surface area (Å²) in [7, 11) is 0. The van der Waals surface area contributed by atoms with E-state index < -0.39 is 5.91 Å². The predicted octanol–water partition coefficient (Wildman–Crippen LogP) is 2.56. The van der Waals surface area contributed by atoms with Crippen molar-refractivity contribution in [2.24, 2.45) is 5.10 Å². The number of benzene rings is 2. The lowest BCUT2D eigenvalue weighted by atomic mass is 10.1. The molecule has 0 fully saturated rings. The maximum atomic E-state index is 12.1. The highest BCUT2D eigenvalue weighted by atomic mass is 16.3. The van der Waals surface area contributed by atoms with Crippen molar-refractivity contribution in [1.82, 2.24) is 15.6 Å². The van der Waals surface area contributed by atoms with Crippen LogP contribution in [0.15, 0.2) is 53.6 Å². The van der Waals surface area contributed by atoms with Crippen molar-refractivity contribution in [2.75, 3.05) is 0 Å². The number of aromatic hydroxyl groups is 2. The van der Waals surface area contributed by atoms with E-state index in [4.69, 9.17) is 0 Å². The summed E-state index contributed by atoms with van der Waals surface area (Å²) in [5.74, 6) is -0.618. The van der Waals surface area contributed by atoms with E-state index >= 15 is 0 Å². The Labute approximate surface area is 143 Å². The van der Waals surface area contributed by atoms with Crippen LogP contribution in [-0.2, 0) is 0 Å². The molecule has 0 saturated heterocycles. The van der Waals surface area contributed by atoms with E-state index in [1.54, 1.807) is 13.0 Å². The van der Waals surface area contributed by atoms with E-state index in [2.05, 4.69) is 20.7 Å². The quantitative estimate of drug-likeness (QED) is 0.433. The number of carbonyl (C=O) groups is 1. The van der Waals surface area contributed by atoms with Gasteiger partial charge in [-0.3, -0.25) is 9.89 Å². The molecule has 0 spiro atoms. The third-order valence-electron chi connectivity index (χ3n) is 3.60. The van der Waals surface area contributed by atoms with Gasteiger partial charge in [0.25, 0.3) is 5.91 Å². The molecule has 7 heteroatoms. The van der Waals surface area contributed by atoms with Gasteiger partial charge in [-0.1, -0.05) is 30.3 Å². The molecule has 1 amide bonds. The first-order valence-corrected chi connectivity index (χ1v) is 7.51. The number of nitrogens with one attached hydrogen (secondary N) is 2. The van der Waals surface area contributed by atoms with E-state index in [0.29, 0.717) is 16.8 Å². The molecule has 3 aromatic rings. The van der Waals surface area contributed by atoms with Gasteiger partial charge in [0.05, 0.1) is 11.9 Å². The van der Waals surface area contributed by atoms with Crippen LogP contribution in [0.3, 0.4) is 0 Å². The summed E-state index contributed by atoms with van der Waals surface area (Å²) in [5, 5.41) is 29.8. The zero-order chi connectivity index (χ0) is 17.8. The number of phenolic OH excluding ortho intramolecular Hbond substituents is 2. The fourth-order valence-corrected chi connectivity index (χ4v) is 2.34. The number of aromatic nitrogens is 2. The Morgan fingerprint density at radius 1 is 1.20 bits per heavy atom. The summed E-state index contributed by atoms with van der Waals surface area (Å²) in [6, 6.07) is 13.8. The molecule has 0 radical (unpaired) electrons. The minimum absolute atomic E-state index is 0.0397. The van der Waals surface area contributed by atoms with Gasteiger partial charge in [-0.05, 0) is 24.6 Å². The largest absolute Gasteiger partial charge is 0.508 e. The Morgan fingerprint density at radius 2 is 1.96 bits per heavy atom. The van der Waals surface area contributed by atoms with Gasteiger partial charge in [0.1, 0.15) is 17.2 Å². The third-order valence-corrected chi connectivity index (χ3v) is 3.60. The standard InChI is InChI=1S/C18H16N4O3/c1-11-7-13(23)8-17(24)14(11)10-19-22-18(25)16-9-15(20-21-16)12-5-3-2-4-6-12/h2-10,23-24H,1H3,(H,20,21)(H,22,25)/b19-10-. The van der Waals surface area contributed by atoms with Crippen molar-refractivity contribution >= 4 is 12.1 Å². The van der Waals surface area contributed by atoms with Crippen LogP contribution in [0.4, 0.5) is 0 Å². The number of hydrogen-bond acceptors (Lipinski definition) is 5. The van der Waals surface area contributed by atoms with Gasteiger partial charge < -0.3 is 10.2 Å². The highest BCUT2D eigenvalue weighted by Crippen LogP contribution is 2.25. The van der Waals surface area contributed by atoms with Gasteiger partial charge in [-0.2, -0.15) is 10.2 Å². The Morgan fingerprint density at radius 3 is 2.68 bits per heavy atom. The van der Waals surface area contributed by atoms with Crippen LogP contribution in [-0.4, -0.2) is 32.5 Å². The molecule has 1 heterocycles. The van der Waals surface area contributed by atoms with Gasteiger partial charge in [0.15, 0.2) is 0 Å².